The number of nitrogens with one attached hydrogen (secondary N) is 1. The highest BCUT2D eigenvalue weighted by atomic mass is 79.9. The SMILES string of the molecule is O=C(O)c1cc(Cl)ccc1NS(=O)(=O)c1sccc1Br. The van der Waals surface area contributed by atoms with E-state index in [9.17, 15) is 13.2 Å². The summed E-state index contributed by atoms with van der Waals surface area (Å²) >= 11 is 9.86. The lowest BCUT2D eigenvalue weighted by Gasteiger charge is -2.10. The van der Waals surface area contributed by atoms with E-state index in [2.05, 4.69) is 20.7 Å². The maximum atomic E-state index is 12.2. The summed E-state index contributed by atoms with van der Waals surface area (Å²) in [6, 6.07) is 5.50. The summed E-state index contributed by atoms with van der Waals surface area (Å²) in [5, 5.41) is 10.9. The van der Waals surface area contributed by atoms with E-state index in [0.717, 1.165) is 11.3 Å². The number of carbonyl (C=O) groups is 1. The normalized spacial score (nSPS) is 11.3. The zero-order valence-electron chi connectivity index (χ0n) is 9.63. The van der Waals surface area contributed by atoms with Gasteiger partial charge in [0.05, 0.1) is 11.3 Å². The van der Waals surface area contributed by atoms with Gasteiger partial charge in [0.15, 0.2) is 4.21 Å². The highest BCUT2D eigenvalue weighted by Gasteiger charge is 2.22. The van der Waals surface area contributed by atoms with Gasteiger partial charge in [-0.2, -0.15) is 0 Å². The van der Waals surface area contributed by atoms with Crippen molar-refractivity contribution < 1.29 is 18.3 Å². The van der Waals surface area contributed by atoms with Crippen molar-refractivity contribution >= 4 is 60.5 Å². The Labute approximate surface area is 132 Å². The molecule has 0 saturated carbocycles. The van der Waals surface area contributed by atoms with Gasteiger partial charge in [-0.25, -0.2) is 13.2 Å². The lowest BCUT2D eigenvalue weighted by Crippen LogP contribution is -2.14. The Morgan fingerprint density at radius 2 is 2.05 bits per heavy atom. The number of thiophene rings is 1. The molecule has 0 atom stereocenters. The molecule has 1 heterocycles. The quantitative estimate of drug-likeness (QED) is 0.826. The molecule has 0 aliphatic rings. The molecule has 106 valence electrons. The fourth-order valence-corrected chi connectivity index (χ4v) is 5.04. The largest absolute Gasteiger partial charge is 0.478 e. The third-order valence-corrected chi connectivity index (χ3v) is 6.56. The minimum Gasteiger partial charge on any atom is -0.478 e. The second-order valence-electron chi connectivity index (χ2n) is 3.66. The van der Waals surface area contributed by atoms with Crippen molar-refractivity contribution in [1.29, 1.82) is 0 Å². The minimum absolute atomic E-state index is 0.0396. The zero-order valence-corrected chi connectivity index (χ0v) is 13.6. The fourth-order valence-electron chi connectivity index (χ4n) is 1.45. The zero-order chi connectivity index (χ0) is 14.9. The van der Waals surface area contributed by atoms with E-state index in [1.54, 1.807) is 11.4 Å². The molecule has 20 heavy (non-hydrogen) atoms. The highest BCUT2D eigenvalue weighted by molar-refractivity contribution is 9.10. The van der Waals surface area contributed by atoms with Gasteiger partial charge in [0, 0.05) is 9.50 Å². The van der Waals surface area contributed by atoms with Crippen LogP contribution in [0.25, 0.3) is 0 Å². The molecular weight excluding hydrogens is 390 g/mol. The Balaban J connectivity index is 2.45. The summed E-state index contributed by atoms with van der Waals surface area (Å²) < 4.78 is 27.1. The first-order chi connectivity index (χ1) is 9.31. The number of aromatic carboxylic acids is 1. The molecule has 0 fully saturated rings. The number of halogens is 2. The van der Waals surface area contributed by atoms with Crippen LogP contribution in [-0.2, 0) is 10.0 Å². The van der Waals surface area contributed by atoms with E-state index in [1.807, 2.05) is 0 Å². The number of benzene rings is 1. The summed E-state index contributed by atoms with van der Waals surface area (Å²) in [7, 11) is -3.85. The van der Waals surface area contributed by atoms with Gasteiger partial charge < -0.3 is 5.11 Å². The van der Waals surface area contributed by atoms with Crippen LogP contribution < -0.4 is 4.72 Å². The van der Waals surface area contributed by atoms with Crippen LogP contribution in [0.4, 0.5) is 5.69 Å². The first-order valence-corrected chi connectivity index (χ1v) is 8.63. The third-order valence-electron chi connectivity index (χ3n) is 2.28. The van der Waals surface area contributed by atoms with Gasteiger partial charge in [0.2, 0.25) is 0 Å². The van der Waals surface area contributed by atoms with Crippen LogP contribution >= 0.6 is 38.9 Å². The standard InChI is InChI=1S/C11H7BrClNO4S2/c12-8-3-4-19-11(8)20(17,18)14-9-2-1-6(13)5-7(9)10(15)16/h1-5,14H,(H,15,16). The lowest BCUT2D eigenvalue weighted by atomic mass is 10.2. The Bertz CT molecular complexity index is 772. The number of carboxylic acids is 1. The summed E-state index contributed by atoms with van der Waals surface area (Å²) in [6.07, 6.45) is 0. The van der Waals surface area contributed by atoms with Crippen LogP contribution in [0.15, 0.2) is 38.3 Å². The van der Waals surface area contributed by atoms with Gasteiger partial charge in [0.25, 0.3) is 10.0 Å². The molecule has 0 saturated heterocycles. The van der Waals surface area contributed by atoms with Crippen LogP contribution in [0, 0.1) is 0 Å². The molecule has 2 N–H and O–H groups in total. The Morgan fingerprint density at radius 1 is 1.35 bits per heavy atom. The van der Waals surface area contributed by atoms with Crippen LogP contribution in [0.5, 0.6) is 0 Å². The molecule has 0 spiro atoms. The third kappa shape index (κ3) is 3.14. The maximum absolute atomic E-state index is 12.2. The molecule has 5 nitrogen and oxygen atoms in total. The first kappa shape index (κ1) is 15.3. The molecular formula is C11H7BrClNO4S2. The van der Waals surface area contributed by atoms with Crippen molar-refractivity contribution in [1.82, 2.24) is 0 Å². The topological polar surface area (TPSA) is 83.5 Å². The van der Waals surface area contributed by atoms with Crippen LogP contribution in [0.2, 0.25) is 5.02 Å². The average Bonchev–Trinajstić information content (AvgIpc) is 2.78. The molecule has 9 heteroatoms. The second-order valence-corrected chi connectivity index (χ2v) is 7.74. The molecule has 0 aliphatic carbocycles. The molecule has 2 rings (SSSR count). The van der Waals surface area contributed by atoms with Gasteiger partial charge >= 0.3 is 5.97 Å². The molecule has 0 amide bonds. The van der Waals surface area contributed by atoms with Crippen molar-refractivity contribution in [3.63, 3.8) is 0 Å². The predicted octanol–water partition coefficient (Wildman–Crippen LogP) is 3.66. The number of sulfonamides is 1. The number of rotatable bonds is 4. The Kier molecular flexibility index (Phi) is 4.38. The number of hydrogen-bond donors (Lipinski definition) is 2. The van der Waals surface area contributed by atoms with Gasteiger partial charge in [-0.1, -0.05) is 11.6 Å². The first-order valence-electron chi connectivity index (χ1n) is 5.10. The van der Waals surface area contributed by atoms with Crippen LogP contribution in [0.1, 0.15) is 10.4 Å². The van der Waals surface area contributed by atoms with Crippen molar-refractivity contribution in [2.24, 2.45) is 0 Å². The lowest BCUT2D eigenvalue weighted by molar-refractivity contribution is 0.0698. The monoisotopic (exact) mass is 395 g/mol. The summed E-state index contributed by atoms with van der Waals surface area (Å²) in [5.41, 5.74) is -0.254. The van der Waals surface area contributed by atoms with Crippen molar-refractivity contribution in [3.05, 3.63) is 44.7 Å². The van der Waals surface area contributed by atoms with Crippen molar-refractivity contribution in [2.75, 3.05) is 4.72 Å². The van der Waals surface area contributed by atoms with Gasteiger partial charge in [-0.15, -0.1) is 11.3 Å². The van der Waals surface area contributed by atoms with Crippen LogP contribution in [-0.4, -0.2) is 19.5 Å². The predicted molar refractivity (Wildman–Crippen MR) is 81.2 cm³/mol. The van der Waals surface area contributed by atoms with Crippen molar-refractivity contribution in [2.45, 2.75) is 4.21 Å². The molecule has 0 radical (unpaired) electrons. The van der Waals surface area contributed by atoms with E-state index in [0.29, 0.717) is 4.47 Å². The minimum atomic E-state index is -3.85. The van der Waals surface area contributed by atoms with E-state index in [-0.39, 0.29) is 20.5 Å². The number of carboxylic acid groups (broad SMARTS) is 1. The van der Waals surface area contributed by atoms with E-state index in [4.69, 9.17) is 16.7 Å². The number of hydrogen-bond acceptors (Lipinski definition) is 4. The highest BCUT2D eigenvalue weighted by Crippen LogP contribution is 2.30. The summed E-state index contributed by atoms with van der Waals surface area (Å²) in [6.45, 7) is 0. The average molecular weight is 397 g/mol. The molecule has 0 bridgehead atoms. The maximum Gasteiger partial charge on any atom is 0.337 e. The molecule has 2 aromatic rings. The smallest absolute Gasteiger partial charge is 0.337 e. The fraction of sp³-hybridized carbons (Fsp3) is 0. The summed E-state index contributed by atoms with van der Waals surface area (Å²) in [5.74, 6) is -1.27. The van der Waals surface area contributed by atoms with E-state index < -0.39 is 16.0 Å². The van der Waals surface area contributed by atoms with Gasteiger partial charge in [-0.05, 0) is 45.6 Å². The molecule has 1 aromatic heterocycles. The van der Waals surface area contributed by atoms with E-state index in [1.165, 1.54) is 18.2 Å². The van der Waals surface area contributed by atoms with Gasteiger partial charge in [0.1, 0.15) is 0 Å². The molecule has 0 aliphatic heterocycles. The van der Waals surface area contributed by atoms with Crippen LogP contribution in [0.3, 0.4) is 0 Å². The summed E-state index contributed by atoms with van der Waals surface area (Å²) in [4.78, 5) is 11.1. The van der Waals surface area contributed by atoms with Crippen molar-refractivity contribution in [3.8, 4) is 0 Å². The molecule has 0 unspecified atom stereocenters. The molecule has 1 aromatic carbocycles. The Morgan fingerprint density at radius 3 is 2.60 bits per heavy atom. The van der Waals surface area contributed by atoms with E-state index >= 15 is 0 Å². The van der Waals surface area contributed by atoms with Gasteiger partial charge in [-0.3, -0.25) is 4.72 Å². The second kappa shape index (κ2) is 5.72. The Hall–Kier alpha value is -1.09. The number of anilines is 1.